The highest BCUT2D eigenvalue weighted by Crippen LogP contribution is 2.35. The van der Waals surface area contributed by atoms with Crippen LogP contribution >= 0.6 is 24.0 Å². The second-order valence-electron chi connectivity index (χ2n) is 5.03. The Balaban J connectivity index is 0.00000162. The molecule has 0 aromatic heterocycles. The minimum absolute atomic E-state index is 0. The zero-order chi connectivity index (χ0) is 12.4. The molecule has 3 N–H and O–H groups in total. The fourth-order valence-corrected chi connectivity index (χ4v) is 3.18. The zero-order valence-corrected chi connectivity index (χ0v) is 12.2. The number of hydrogen-bond donors (Lipinski definition) is 2. The lowest BCUT2D eigenvalue weighted by atomic mass is 9.89. The van der Waals surface area contributed by atoms with E-state index in [1.807, 2.05) is 25.1 Å². The summed E-state index contributed by atoms with van der Waals surface area (Å²) in [4.78, 5) is 0. The molecule has 0 radical (unpaired) electrons. The van der Waals surface area contributed by atoms with Crippen LogP contribution in [0.1, 0.15) is 42.9 Å². The van der Waals surface area contributed by atoms with Crippen molar-refractivity contribution in [3.05, 3.63) is 34.3 Å². The third-order valence-electron chi connectivity index (χ3n) is 3.86. The summed E-state index contributed by atoms with van der Waals surface area (Å²) in [5.74, 6) is 0.334. The number of halogens is 2. The lowest BCUT2D eigenvalue weighted by Crippen LogP contribution is -2.32. The Kier molecular flexibility index (Phi) is 5.93. The van der Waals surface area contributed by atoms with Gasteiger partial charge in [-0.1, -0.05) is 36.6 Å². The van der Waals surface area contributed by atoms with E-state index in [4.69, 9.17) is 17.3 Å². The summed E-state index contributed by atoms with van der Waals surface area (Å²) in [7, 11) is 0. The molecule has 1 saturated carbocycles. The van der Waals surface area contributed by atoms with Gasteiger partial charge >= 0.3 is 0 Å². The lowest BCUT2D eigenvalue weighted by molar-refractivity contribution is 0.0843. The quantitative estimate of drug-likeness (QED) is 0.893. The first-order chi connectivity index (χ1) is 8.11. The summed E-state index contributed by atoms with van der Waals surface area (Å²) in [6.45, 7) is 1.99. The molecule has 0 heterocycles. The summed E-state index contributed by atoms with van der Waals surface area (Å²) in [6.07, 6.45) is 4.10. The number of aliphatic hydroxyl groups excluding tert-OH is 1. The zero-order valence-electron chi connectivity index (χ0n) is 10.6. The molecule has 4 heteroatoms. The highest BCUT2D eigenvalue weighted by Gasteiger charge is 2.30. The standard InChI is InChI=1S/C14H20ClNO.ClH/c1-9-5-4-8-11(15)12(9)13(16)14(17)10-6-2-3-7-10;/h4-5,8,10,13-14,17H,2-3,6-7,16H2,1H3;1H/t13-,14+;/m0./s1. The van der Waals surface area contributed by atoms with Crippen LogP contribution in [0.4, 0.5) is 0 Å². The van der Waals surface area contributed by atoms with Gasteiger partial charge in [0.2, 0.25) is 0 Å². The normalized spacial score (nSPS) is 19.3. The van der Waals surface area contributed by atoms with Gasteiger partial charge in [-0.25, -0.2) is 0 Å². The number of aliphatic hydroxyl groups is 1. The fourth-order valence-electron chi connectivity index (χ4n) is 2.83. The molecular weight excluding hydrogens is 269 g/mol. The van der Waals surface area contributed by atoms with E-state index in [1.165, 1.54) is 12.8 Å². The largest absolute Gasteiger partial charge is 0.391 e. The van der Waals surface area contributed by atoms with Crippen LogP contribution in [0.3, 0.4) is 0 Å². The Morgan fingerprint density at radius 2 is 1.94 bits per heavy atom. The average molecular weight is 290 g/mol. The summed E-state index contributed by atoms with van der Waals surface area (Å²) >= 11 is 6.18. The van der Waals surface area contributed by atoms with Crippen LogP contribution in [0, 0.1) is 12.8 Å². The molecule has 102 valence electrons. The first-order valence-electron chi connectivity index (χ1n) is 6.30. The van der Waals surface area contributed by atoms with Gasteiger partial charge in [0.25, 0.3) is 0 Å². The molecule has 1 aliphatic carbocycles. The first-order valence-corrected chi connectivity index (χ1v) is 6.67. The van der Waals surface area contributed by atoms with Gasteiger partial charge in [0.05, 0.1) is 12.1 Å². The van der Waals surface area contributed by atoms with Gasteiger partial charge in [-0.2, -0.15) is 0 Å². The van der Waals surface area contributed by atoms with E-state index in [0.29, 0.717) is 10.9 Å². The van der Waals surface area contributed by atoms with Crippen LogP contribution in [0.15, 0.2) is 18.2 Å². The van der Waals surface area contributed by atoms with Crippen molar-refractivity contribution in [2.24, 2.45) is 11.7 Å². The Hall–Kier alpha value is -0.280. The molecule has 2 atom stereocenters. The fraction of sp³-hybridized carbons (Fsp3) is 0.571. The van der Waals surface area contributed by atoms with Crippen LogP contribution in [0.2, 0.25) is 5.02 Å². The van der Waals surface area contributed by atoms with Crippen molar-refractivity contribution in [3.63, 3.8) is 0 Å². The average Bonchev–Trinajstić information content (AvgIpc) is 2.81. The minimum atomic E-state index is -0.476. The summed E-state index contributed by atoms with van der Waals surface area (Å²) in [6, 6.07) is 5.37. The van der Waals surface area contributed by atoms with Crippen LogP contribution < -0.4 is 5.73 Å². The smallest absolute Gasteiger partial charge is 0.0761 e. The number of nitrogens with two attached hydrogens (primary N) is 1. The van der Waals surface area contributed by atoms with Crippen molar-refractivity contribution in [3.8, 4) is 0 Å². The topological polar surface area (TPSA) is 46.2 Å². The van der Waals surface area contributed by atoms with Gasteiger partial charge in [-0.3, -0.25) is 0 Å². The molecule has 2 nitrogen and oxygen atoms in total. The first kappa shape index (κ1) is 15.8. The van der Waals surface area contributed by atoms with Gasteiger partial charge in [0.1, 0.15) is 0 Å². The van der Waals surface area contributed by atoms with Crippen molar-refractivity contribution in [2.75, 3.05) is 0 Å². The molecule has 0 unspecified atom stereocenters. The van der Waals surface area contributed by atoms with E-state index in [2.05, 4.69) is 0 Å². The maximum absolute atomic E-state index is 10.3. The van der Waals surface area contributed by atoms with Gasteiger partial charge < -0.3 is 10.8 Å². The monoisotopic (exact) mass is 289 g/mol. The number of hydrogen-bond acceptors (Lipinski definition) is 2. The van der Waals surface area contributed by atoms with Crippen molar-refractivity contribution in [1.29, 1.82) is 0 Å². The Labute approximate surface area is 120 Å². The van der Waals surface area contributed by atoms with E-state index >= 15 is 0 Å². The van der Waals surface area contributed by atoms with Crippen molar-refractivity contribution in [1.82, 2.24) is 0 Å². The second-order valence-corrected chi connectivity index (χ2v) is 5.44. The molecular formula is C14H21Cl2NO. The summed E-state index contributed by atoms with van der Waals surface area (Å²) in [5.41, 5.74) is 8.14. The van der Waals surface area contributed by atoms with E-state index in [-0.39, 0.29) is 18.4 Å². The van der Waals surface area contributed by atoms with E-state index in [9.17, 15) is 5.11 Å². The van der Waals surface area contributed by atoms with E-state index < -0.39 is 6.10 Å². The predicted molar refractivity (Wildman–Crippen MR) is 78.3 cm³/mol. The number of benzene rings is 1. The van der Waals surface area contributed by atoms with Crippen molar-refractivity contribution < 1.29 is 5.11 Å². The van der Waals surface area contributed by atoms with Gasteiger partial charge in [0.15, 0.2) is 0 Å². The lowest BCUT2D eigenvalue weighted by Gasteiger charge is -2.26. The van der Waals surface area contributed by atoms with Crippen LogP contribution in [-0.4, -0.2) is 11.2 Å². The molecule has 0 saturated heterocycles. The molecule has 1 aromatic rings. The molecule has 18 heavy (non-hydrogen) atoms. The van der Waals surface area contributed by atoms with Crippen LogP contribution in [-0.2, 0) is 0 Å². The maximum atomic E-state index is 10.3. The number of aryl methyl sites for hydroxylation is 1. The van der Waals surface area contributed by atoms with E-state index in [1.54, 1.807) is 0 Å². The molecule has 0 amide bonds. The molecule has 2 rings (SSSR count). The SMILES string of the molecule is Cc1cccc(Cl)c1[C@H](N)[C@H](O)C1CCCC1.Cl. The number of rotatable bonds is 3. The molecule has 0 bridgehead atoms. The molecule has 1 fully saturated rings. The molecule has 0 aliphatic heterocycles. The van der Waals surface area contributed by atoms with Crippen molar-refractivity contribution >= 4 is 24.0 Å². The Bertz CT molecular complexity index is 371. The summed E-state index contributed by atoms with van der Waals surface area (Å²) < 4.78 is 0. The molecule has 1 aliphatic rings. The van der Waals surface area contributed by atoms with Crippen molar-refractivity contribution in [2.45, 2.75) is 44.8 Å². The third-order valence-corrected chi connectivity index (χ3v) is 4.18. The van der Waals surface area contributed by atoms with Gasteiger partial charge in [0, 0.05) is 5.02 Å². The molecule has 0 spiro atoms. The summed E-state index contributed by atoms with van der Waals surface area (Å²) in [5, 5.41) is 11.0. The third kappa shape index (κ3) is 3.18. The van der Waals surface area contributed by atoms with E-state index in [0.717, 1.165) is 24.0 Å². The highest BCUT2D eigenvalue weighted by molar-refractivity contribution is 6.31. The Morgan fingerprint density at radius 1 is 1.33 bits per heavy atom. The van der Waals surface area contributed by atoms with Crippen LogP contribution in [0.25, 0.3) is 0 Å². The molecule has 1 aromatic carbocycles. The van der Waals surface area contributed by atoms with Gasteiger partial charge in [-0.15, -0.1) is 12.4 Å². The second kappa shape index (κ2) is 6.76. The van der Waals surface area contributed by atoms with Crippen LogP contribution in [0.5, 0.6) is 0 Å². The minimum Gasteiger partial charge on any atom is -0.391 e. The maximum Gasteiger partial charge on any atom is 0.0761 e. The highest BCUT2D eigenvalue weighted by atomic mass is 35.5. The Morgan fingerprint density at radius 3 is 2.50 bits per heavy atom. The van der Waals surface area contributed by atoms with Gasteiger partial charge in [-0.05, 0) is 42.9 Å². The predicted octanol–water partition coefficient (Wildman–Crippen LogP) is 3.62.